The number of phosphoric ester groups is 1. The van der Waals surface area contributed by atoms with Gasteiger partial charge in [-0.15, -0.1) is 0 Å². The van der Waals surface area contributed by atoms with Crippen LogP contribution in [0, 0.1) is 11.8 Å². The minimum Gasteiger partial charge on any atom is -0.408 e. The molecule has 10 atom stereocenters. The van der Waals surface area contributed by atoms with Crippen LogP contribution in [0.15, 0.2) is 54.1 Å². The highest BCUT2D eigenvalue weighted by Gasteiger charge is 2.56. The highest BCUT2D eigenvalue weighted by Crippen LogP contribution is 2.56. The van der Waals surface area contributed by atoms with Gasteiger partial charge in [-0.25, -0.2) is 24.5 Å². The van der Waals surface area contributed by atoms with E-state index in [9.17, 15) is 28.4 Å². The van der Waals surface area contributed by atoms with Crippen LogP contribution in [-0.4, -0.2) is 114 Å². The van der Waals surface area contributed by atoms with E-state index >= 15 is 0 Å². The summed E-state index contributed by atoms with van der Waals surface area (Å²) in [4.78, 5) is 74.7. The molecule has 0 saturated carbocycles. The van der Waals surface area contributed by atoms with Crippen molar-refractivity contribution in [3.8, 4) is 0 Å². The molecule has 5 aromatic rings. The van der Waals surface area contributed by atoms with Crippen LogP contribution >= 0.6 is 15.4 Å². The topological polar surface area (TPSA) is 284 Å². The minimum absolute atomic E-state index is 0.0199. The molecule has 4 N–H and O–H groups in total. The van der Waals surface area contributed by atoms with Crippen molar-refractivity contribution in [1.29, 1.82) is 0 Å². The fourth-order valence-electron chi connectivity index (χ4n) is 7.52. The predicted octanol–water partition coefficient (Wildman–Crippen LogP) is 5.33. The molecule has 3 aliphatic rings. The molecule has 0 spiro atoms. The van der Waals surface area contributed by atoms with Crippen LogP contribution in [0.5, 0.6) is 0 Å². The first-order valence-electron chi connectivity index (χ1n) is 23.2. The van der Waals surface area contributed by atoms with Gasteiger partial charge in [-0.3, -0.25) is 52.0 Å². The molecule has 2 amide bonds. The van der Waals surface area contributed by atoms with Crippen molar-refractivity contribution in [2.24, 2.45) is 11.8 Å². The summed E-state index contributed by atoms with van der Waals surface area (Å²) < 4.78 is 75.8. The zero-order valence-electron chi connectivity index (χ0n) is 43.2. The lowest BCUT2D eigenvalue weighted by Gasteiger charge is -2.40. The Labute approximate surface area is 506 Å². The molecule has 3 aliphatic heterocycles. The average molecular weight is 1440 g/mol. The van der Waals surface area contributed by atoms with Gasteiger partial charge in [0.1, 0.15) is 30.7 Å². The minimum atomic E-state index is -5.01. The molecule has 3 saturated heterocycles. The molecular weight excluding hydrogens is 1390 g/mol. The Hall–Kier alpha value is -1.28. The van der Waals surface area contributed by atoms with Gasteiger partial charge in [-0.2, -0.15) is 4.98 Å². The number of fused-ring (bicyclic) bond motifs is 6. The number of aromatic nitrogens is 8. The Morgan fingerprint density at radius 2 is 1.36 bits per heavy atom. The van der Waals surface area contributed by atoms with Gasteiger partial charge in [0.05, 0.1) is 32.0 Å². The standard InChI is InChI=1S/C39H52N10O13P2Si.S15/c1-20(2)33(50)46-38-45-32-26(35(52)47-38)43-19-49(32)37-29-28(62-65(8,9)39(4,5)6)24(59-37)16-57-64(54,55)61-27-21(3)23(15-56-63(7,53)60-29)58-36(27)48-18-42-25-30(40-17-41-31(25)48)44-34(51)22-13-11-10-12-14-22;1-3-5-7-9-11-13-15-14-12-10-8-6-4-2/h10-14,17-21,23-24,27-29,36-37H,15-16H2,1-9H3,(H,54,55)(H,40,41,44,51)(H2,45,46,47,50,52);/t21?,23-,24-,27+,28?,29+,36-,37-,63?;/m1./s1. The number of carbonyl (C=O) groups excluding carboxylic acids is 2. The summed E-state index contributed by atoms with van der Waals surface area (Å²) in [6.45, 7) is 15.4. The summed E-state index contributed by atoms with van der Waals surface area (Å²) in [6.07, 6.45) is -4.31. The van der Waals surface area contributed by atoms with E-state index in [0.717, 1.165) is 0 Å². The SMILES string of the molecule is CC(C)C(=O)Nc1nc2c(ncn2[C@@H]2O[C@@H]3COP(=O)(O)O[C@H]4C(C)[C@@H](COP(C)(=O)O[C@H]2C3O[Si](C)(C)C(C)(C)C)O[C@H]4n2cnc3c(NC(=O)c4ccccc4)ncnc32)c(=O)[nH]1.S=S=S=S=S=S=S=S=S=S=S=S=S=S=S. The van der Waals surface area contributed by atoms with E-state index in [1.165, 1.54) is 52.5 Å². The van der Waals surface area contributed by atoms with Crippen molar-refractivity contribution >= 4 is 207 Å². The van der Waals surface area contributed by atoms with Crippen LogP contribution in [-0.2, 0) is 184 Å². The van der Waals surface area contributed by atoms with Crippen LogP contribution in [0.2, 0.25) is 18.1 Å². The number of nitrogens with zero attached hydrogens (tertiary/aromatic N) is 7. The zero-order valence-corrected chi connectivity index (χ0v) is 58.3. The van der Waals surface area contributed by atoms with Crippen molar-refractivity contribution in [2.75, 3.05) is 30.5 Å². The van der Waals surface area contributed by atoms with Crippen molar-refractivity contribution < 1.29 is 55.6 Å². The fourth-order valence-corrected chi connectivity index (χ4v) is 41.2. The second-order valence-electron chi connectivity index (χ2n) is 18.9. The van der Waals surface area contributed by atoms with Crippen LogP contribution in [0.3, 0.4) is 0 Å². The van der Waals surface area contributed by atoms with E-state index in [2.05, 4.69) is 40.5 Å². The van der Waals surface area contributed by atoms with Crippen LogP contribution in [0.4, 0.5) is 11.8 Å². The Morgan fingerprint density at radius 3 is 1.96 bits per heavy atom. The van der Waals surface area contributed by atoms with Gasteiger partial charge in [0, 0.05) is 162 Å². The maximum absolute atomic E-state index is 14.6. The van der Waals surface area contributed by atoms with Crippen molar-refractivity contribution in [3.63, 3.8) is 0 Å². The van der Waals surface area contributed by atoms with Gasteiger partial charge < -0.3 is 28.6 Å². The number of anilines is 2. The first-order chi connectivity index (χ1) is 37.9. The molecule has 1 aromatic carbocycles. The lowest BCUT2D eigenvalue weighted by molar-refractivity contribution is -0.118. The third-order valence-electron chi connectivity index (χ3n) is 12.4. The molecule has 80 heavy (non-hydrogen) atoms. The molecule has 0 radical (unpaired) electrons. The maximum Gasteiger partial charge on any atom is 0.472 e. The van der Waals surface area contributed by atoms with E-state index in [-0.39, 0.29) is 45.7 Å². The molecule has 3 fully saturated rings. The first-order valence-corrected chi connectivity index (χ1v) is 48.3. The molecule has 41 heteroatoms. The van der Waals surface area contributed by atoms with Crippen LogP contribution in [0.25, 0.3) is 22.3 Å². The maximum atomic E-state index is 14.6. The largest absolute Gasteiger partial charge is 0.472 e. The van der Waals surface area contributed by atoms with Crippen molar-refractivity contribution in [3.05, 3.63) is 65.2 Å². The number of hydrogen-bond acceptors (Lipinski definition) is 19. The average Bonchev–Trinajstić information content (AvgIpc) is 4.26. The number of phosphoric acid groups is 1. The van der Waals surface area contributed by atoms with E-state index in [0.29, 0.717) is 5.56 Å². The lowest BCUT2D eigenvalue weighted by atomic mass is 10.0. The van der Waals surface area contributed by atoms with Crippen molar-refractivity contribution in [2.45, 2.75) is 103 Å². The Bertz CT molecular complexity index is 3870. The smallest absolute Gasteiger partial charge is 0.408 e. The molecule has 4 unspecified atom stereocenters. The Balaban J connectivity index is 0.000000539. The molecule has 0 aliphatic carbocycles. The van der Waals surface area contributed by atoms with Gasteiger partial charge in [0.15, 0.2) is 48.9 Å². The molecule has 440 valence electrons. The van der Waals surface area contributed by atoms with Gasteiger partial charge in [-0.1, -0.05) is 59.7 Å². The zero-order chi connectivity index (χ0) is 58.0. The second kappa shape index (κ2) is 29.9. The normalized spacial score (nSPS) is 25.8. The van der Waals surface area contributed by atoms with Gasteiger partial charge in [0.2, 0.25) is 11.9 Å². The number of nitrogens with one attached hydrogen (secondary N) is 3. The summed E-state index contributed by atoms with van der Waals surface area (Å²) in [5.74, 6) is -2.02. The van der Waals surface area contributed by atoms with E-state index in [1.54, 1.807) is 149 Å². The number of hydrogen-bond donors (Lipinski definition) is 4. The third-order valence-corrected chi connectivity index (χ3v) is 45.7. The summed E-state index contributed by atoms with van der Waals surface area (Å²) >= 11 is 9.45. The number of imidazole rings is 2. The van der Waals surface area contributed by atoms with E-state index < -0.39 is 103 Å². The highest BCUT2D eigenvalue weighted by atomic mass is 33.5. The first kappa shape index (κ1) is 66.2. The Kier molecular flexibility index (Phi) is 24.7. The molecular formula is C39H52N10O13P2S15Si. The molecule has 7 heterocycles. The summed E-state index contributed by atoms with van der Waals surface area (Å²) in [6, 6.07) is 8.53. The summed E-state index contributed by atoms with van der Waals surface area (Å²) in [5.41, 5.74) is 0.00690. The number of rotatable bonds is 8. The molecule has 4 aromatic heterocycles. The second-order valence-corrected chi connectivity index (χ2v) is 50.1. The Morgan fingerprint density at radius 1 is 0.800 bits per heavy atom. The van der Waals surface area contributed by atoms with Gasteiger partial charge >= 0.3 is 15.4 Å². The number of aromatic amines is 1. The molecule has 8 rings (SSSR count). The third kappa shape index (κ3) is 17.5. The molecule has 4 bridgehead atoms. The van der Waals surface area contributed by atoms with Crippen LogP contribution < -0.4 is 16.2 Å². The number of benzene rings is 1. The summed E-state index contributed by atoms with van der Waals surface area (Å²) in [5, 5.41) is 4.97. The lowest BCUT2D eigenvalue weighted by Crippen LogP contribution is -2.50. The number of carbonyl (C=O) groups is 2. The number of H-pyrrole nitrogens is 1. The van der Waals surface area contributed by atoms with E-state index in [4.69, 9.17) is 54.4 Å². The number of ether oxygens (including phenoxy) is 2. The van der Waals surface area contributed by atoms with E-state index in [1.807, 2.05) is 33.9 Å². The van der Waals surface area contributed by atoms with Gasteiger partial charge in [0.25, 0.3) is 11.5 Å². The monoisotopic (exact) mass is 1440 g/mol. The van der Waals surface area contributed by atoms with Crippen LogP contribution in [0.1, 0.15) is 64.4 Å². The predicted molar refractivity (Wildman–Crippen MR) is 346 cm³/mol. The molecule has 23 nitrogen and oxygen atoms in total. The van der Waals surface area contributed by atoms with Crippen molar-refractivity contribution in [1.82, 2.24) is 39.0 Å². The fraction of sp³-hybridized carbons (Fsp3) is 0.538. The quantitative estimate of drug-likeness (QED) is 0.113. The highest BCUT2D eigenvalue weighted by molar-refractivity contribution is 8.76. The number of amides is 2. The van der Waals surface area contributed by atoms with Gasteiger partial charge in [-0.05, 0) is 30.3 Å². The summed E-state index contributed by atoms with van der Waals surface area (Å²) in [7, 11) is 9.82.